The lowest BCUT2D eigenvalue weighted by Gasteiger charge is -2.31. The molecule has 0 aliphatic rings. The van der Waals surface area contributed by atoms with E-state index in [1.807, 2.05) is 20.8 Å². The van der Waals surface area contributed by atoms with Crippen LogP contribution in [0, 0.1) is 10.1 Å². The van der Waals surface area contributed by atoms with Gasteiger partial charge in [-0.05, 0) is 19.8 Å². The summed E-state index contributed by atoms with van der Waals surface area (Å²) >= 11 is 0. The van der Waals surface area contributed by atoms with Crippen LogP contribution in [0.15, 0.2) is 6.20 Å². The number of rotatable bonds is 8. The molecule has 0 amide bonds. The molecule has 112 valence electrons. The van der Waals surface area contributed by atoms with Gasteiger partial charge in [0.2, 0.25) is 11.8 Å². The molecule has 1 aromatic heterocycles. The Balaban J connectivity index is 3.18. The first kappa shape index (κ1) is 16.1. The molecule has 0 aliphatic heterocycles. The summed E-state index contributed by atoms with van der Waals surface area (Å²) in [6.45, 7) is 6.19. The van der Waals surface area contributed by atoms with E-state index in [9.17, 15) is 15.2 Å². The van der Waals surface area contributed by atoms with E-state index in [1.165, 1.54) is 6.20 Å². The minimum atomic E-state index is -0.622. The molecule has 8 heteroatoms. The van der Waals surface area contributed by atoms with Crippen LogP contribution in [0.3, 0.4) is 0 Å². The topological polar surface area (TPSA) is 113 Å². The van der Waals surface area contributed by atoms with Gasteiger partial charge in [0.1, 0.15) is 6.20 Å². The Bertz CT molecular complexity index is 454. The lowest BCUT2D eigenvalue weighted by molar-refractivity contribution is -0.384. The van der Waals surface area contributed by atoms with Crippen molar-refractivity contribution in [3.8, 4) is 0 Å². The molecule has 1 rings (SSSR count). The van der Waals surface area contributed by atoms with Gasteiger partial charge < -0.3 is 15.7 Å². The van der Waals surface area contributed by atoms with Gasteiger partial charge in [0, 0.05) is 6.54 Å². The second-order valence-corrected chi connectivity index (χ2v) is 4.49. The summed E-state index contributed by atoms with van der Waals surface area (Å²) in [6.07, 6.45) is 2.41. The molecule has 0 bridgehead atoms. The van der Waals surface area contributed by atoms with Gasteiger partial charge in [-0.2, -0.15) is 4.98 Å². The highest BCUT2D eigenvalue weighted by atomic mass is 16.6. The summed E-state index contributed by atoms with van der Waals surface area (Å²) in [5.41, 5.74) is -0.825. The molecule has 3 N–H and O–H groups in total. The normalized spacial score (nSPS) is 11.2. The van der Waals surface area contributed by atoms with Crippen molar-refractivity contribution in [3.63, 3.8) is 0 Å². The van der Waals surface area contributed by atoms with Gasteiger partial charge in [-0.15, -0.1) is 0 Å². The Hall–Kier alpha value is -1.96. The average Bonchev–Trinajstić information content (AvgIpc) is 2.45. The minimum Gasteiger partial charge on any atom is -0.394 e. The third-order valence-corrected chi connectivity index (χ3v) is 3.34. The SMILES string of the molecule is CCNc1ncc([N+](=O)[O-])c(NC(CC)(CC)CO)n1. The maximum atomic E-state index is 11.0. The van der Waals surface area contributed by atoms with E-state index >= 15 is 0 Å². The first-order chi connectivity index (χ1) is 9.51. The van der Waals surface area contributed by atoms with Crippen LogP contribution in [0.25, 0.3) is 0 Å². The Morgan fingerprint density at radius 3 is 2.50 bits per heavy atom. The van der Waals surface area contributed by atoms with E-state index in [0.717, 1.165) is 0 Å². The van der Waals surface area contributed by atoms with E-state index in [4.69, 9.17) is 0 Å². The molecule has 20 heavy (non-hydrogen) atoms. The first-order valence-electron chi connectivity index (χ1n) is 6.66. The molecule has 0 saturated carbocycles. The number of aliphatic hydroxyl groups is 1. The third-order valence-electron chi connectivity index (χ3n) is 3.34. The molecule has 0 unspecified atom stereocenters. The molecule has 0 saturated heterocycles. The molecular weight excluding hydrogens is 262 g/mol. The van der Waals surface area contributed by atoms with Crippen molar-refractivity contribution < 1.29 is 10.0 Å². The van der Waals surface area contributed by atoms with Crippen LogP contribution in [0.1, 0.15) is 33.6 Å². The van der Waals surface area contributed by atoms with Gasteiger partial charge in [-0.3, -0.25) is 10.1 Å². The predicted octanol–water partition coefficient (Wildman–Crippen LogP) is 1.78. The molecular formula is C12H21N5O3. The molecule has 0 aliphatic carbocycles. The highest BCUT2D eigenvalue weighted by molar-refractivity contribution is 5.58. The minimum absolute atomic E-state index is 0.124. The standard InChI is InChI=1S/C12H21N5O3/c1-4-12(5-2,8-18)16-10-9(17(19)20)7-14-11(15-10)13-6-3/h7,18H,4-6,8H2,1-3H3,(H2,13,14,15,16). The third kappa shape index (κ3) is 3.53. The summed E-state index contributed by atoms with van der Waals surface area (Å²) in [6, 6.07) is 0. The average molecular weight is 283 g/mol. The van der Waals surface area contributed by atoms with Crippen molar-refractivity contribution in [3.05, 3.63) is 16.3 Å². The highest BCUT2D eigenvalue weighted by Gasteiger charge is 2.29. The van der Waals surface area contributed by atoms with Gasteiger partial charge in [0.15, 0.2) is 0 Å². The van der Waals surface area contributed by atoms with Crippen LogP contribution in [-0.2, 0) is 0 Å². The highest BCUT2D eigenvalue weighted by Crippen LogP contribution is 2.28. The summed E-state index contributed by atoms with van der Waals surface area (Å²) in [5, 5.41) is 26.5. The zero-order chi connectivity index (χ0) is 15.2. The van der Waals surface area contributed by atoms with E-state index in [-0.39, 0.29) is 18.1 Å². The smallest absolute Gasteiger partial charge is 0.329 e. The molecule has 0 atom stereocenters. The maximum absolute atomic E-state index is 11.0. The van der Waals surface area contributed by atoms with Gasteiger partial charge in [0.25, 0.3) is 0 Å². The molecule has 1 aromatic rings. The Morgan fingerprint density at radius 1 is 1.40 bits per heavy atom. The largest absolute Gasteiger partial charge is 0.394 e. The lowest BCUT2D eigenvalue weighted by Crippen LogP contribution is -2.41. The van der Waals surface area contributed by atoms with Gasteiger partial charge >= 0.3 is 5.69 Å². The van der Waals surface area contributed by atoms with E-state index in [0.29, 0.717) is 25.3 Å². The van der Waals surface area contributed by atoms with E-state index in [1.54, 1.807) is 0 Å². The Kier molecular flexibility index (Phi) is 5.63. The van der Waals surface area contributed by atoms with Crippen molar-refractivity contribution in [2.24, 2.45) is 0 Å². The number of hydrogen-bond acceptors (Lipinski definition) is 7. The van der Waals surface area contributed by atoms with Crippen LogP contribution in [0.4, 0.5) is 17.5 Å². The zero-order valence-electron chi connectivity index (χ0n) is 12.0. The number of anilines is 2. The first-order valence-corrected chi connectivity index (χ1v) is 6.66. The monoisotopic (exact) mass is 283 g/mol. The van der Waals surface area contributed by atoms with Gasteiger partial charge in [-0.1, -0.05) is 13.8 Å². The fourth-order valence-electron chi connectivity index (χ4n) is 1.79. The maximum Gasteiger partial charge on any atom is 0.329 e. The molecule has 1 heterocycles. The van der Waals surface area contributed by atoms with Crippen molar-refractivity contribution >= 4 is 17.5 Å². The predicted molar refractivity (Wildman–Crippen MR) is 76.9 cm³/mol. The Morgan fingerprint density at radius 2 is 2.05 bits per heavy atom. The number of aliphatic hydroxyl groups excluding tert-OH is 1. The number of nitrogens with one attached hydrogen (secondary N) is 2. The summed E-state index contributed by atoms with van der Waals surface area (Å²) in [4.78, 5) is 18.5. The van der Waals surface area contributed by atoms with Crippen LogP contribution in [-0.4, -0.2) is 38.7 Å². The molecule has 0 radical (unpaired) electrons. The number of hydrogen-bond donors (Lipinski definition) is 3. The van der Waals surface area contributed by atoms with Crippen molar-refractivity contribution in [2.75, 3.05) is 23.8 Å². The van der Waals surface area contributed by atoms with Gasteiger partial charge in [-0.25, -0.2) is 4.98 Å². The molecule has 0 fully saturated rings. The fraction of sp³-hybridized carbons (Fsp3) is 0.667. The van der Waals surface area contributed by atoms with Crippen LogP contribution >= 0.6 is 0 Å². The van der Waals surface area contributed by atoms with Crippen LogP contribution in [0.5, 0.6) is 0 Å². The Labute approximate surface area is 117 Å². The number of aromatic nitrogens is 2. The van der Waals surface area contributed by atoms with Crippen molar-refractivity contribution in [2.45, 2.75) is 39.2 Å². The zero-order valence-corrected chi connectivity index (χ0v) is 12.0. The lowest BCUT2D eigenvalue weighted by atomic mass is 9.94. The number of nitrogens with zero attached hydrogens (tertiary/aromatic N) is 3. The van der Waals surface area contributed by atoms with Crippen LogP contribution in [0.2, 0.25) is 0 Å². The number of nitro groups is 1. The summed E-state index contributed by atoms with van der Waals surface area (Å²) in [5.74, 6) is 0.443. The van der Waals surface area contributed by atoms with E-state index in [2.05, 4.69) is 20.6 Å². The quantitative estimate of drug-likeness (QED) is 0.492. The summed E-state index contributed by atoms with van der Waals surface area (Å²) in [7, 11) is 0. The molecule has 0 aromatic carbocycles. The molecule has 8 nitrogen and oxygen atoms in total. The summed E-state index contributed by atoms with van der Waals surface area (Å²) < 4.78 is 0. The molecule has 0 spiro atoms. The van der Waals surface area contributed by atoms with Crippen LogP contribution < -0.4 is 10.6 Å². The van der Waals surface area contributed by atoms with Crippen molar-refractivity contribution in [1.82, 2.24) is 9.97 Å². The van der Waals surface area contributed by atoms with E-state index < -0.39 is 10.5 Å². The van der Waals surface area contributed by atoms with Crippen molar-refractivity contribution in [1.29, 1.82) is 0 Å². The van der Waals surface area contributed by atoms with Gasteiger partial charge in [0.05, 0.1) is 17.1 Å². The second-order valence-electron chi connectivity index (χ2n) is 4.49. The second kappa shape index (κ2) is 6.99. The fourth-order valence-corrected chi connectivity index (χ4v) is 1.79.